The Bertz CT molecular complexity index is 648. The van der Waals surface area contributed by atoms with Gasteiger partial charge in [-0.05, 0) is 42.8 Å². The maximum Gasteiger partial charge on any atom is 0.273 e. The molecule has 0 amide bonds. The molecule has 20 heavy (non-hydrogen) atoms. The highest BCUT2D eigenvalue weighted by molar-refractivity contribution is 9.10. The van der Waals surface area contributed by atoms with Crippen molar-refractivity contribution in [3.05, 3.63) is 49.3 Å². The first-order valence-electron chi connectivity index (χ1n) is 6.00. The number of aromatic nitrogens is 1. The summed E-state index contributed by atoms with van der Waals surface area (Å²) in [5.74, 6) is 0.768. The number of nitrogens with zero attached hydrogens (tertiary/aromatic N) is 2. The van der Waals surface area contributed by atoms with Gasteiger partial charge >= 0.3 is 0 Å². The largest absolute Gasteiger partial charge is 0.380 e. The van der Waals surface area contributed by atoms with Crippen molar-refractivity contribution in [3.63, 3.8) is 0 Å². The van der Waals surface area contributed by atoms with E-state index in [0.717, 1.165) is 22.7 Å². The topological polar surface area (TPSA) is 81.2 Å². The normalized spacial score (nSPS) is 10.6. The van der Waals surface area contributed by atoms with Crippen LogP contribution in [0.5, 0.6) is 0 Å². The lowest BCUT2D eigenvalue weighted by atomic mass is 10.1. The zero-order valence-electron chi connectivity index (χ0n) is 11.4. The Morgan fingerprint density at radius 2 is 2.10 bits per heavy atom. The lowest BCUT2D eigenvalue weighted by Crippen LogP contribution is -2.03. The van der Waals surface area contributed by atoms with E-state index in [9.17, 15) is 10.1 Å². The summed E-state index contributed by atoms with van der Waals surface area (Å²) in [5.41, 5.74) is 3.34. The molecule has 0 aliphatic carbocycles. The van der Waals surface area contributed by atoms with Crippen molar-refractivity contribution in [1.29, 1.82) is 0 Å². The SMILES string of the molecule is Cc1cc(NCc2c(C)noc2C)c(Br)cc1[N+](=O)[O-]. The van der Waals surface area contributed by atoms with E-state index in [1.54, 1.807) is 13.0 Å². The summed E-state index contributed by atoms with van der Waals surface area (Å²) in [7, 11) is 0. The van der Waals surface area contributed by atoms with Gasteiger partial charge in [-0.1, -0.05) is 5.16 Å². The van der Waals surface area contributed by atoms with Crippen LogP contribution in [0.15, 0.2) is 21.1 Å². The fourth-order valence-corrected chi connectivity index (χ4v) is 2.41. The second-order valence-corrected chi connectivity index (χ2v) is 5.39. The summed E-state index contributed by atoms with van der Waals surface area (Å²) in [5, 5.41) is 18.0. The van der Waals surface area contributed by atoms with Gasteiger partial charge < -0.3 is 9.84 Å². The van der Waals surface area contributed by atoms with Crippen molar-refractivity contribution >= 4 is 27.3 Å². The number of anilines is 1. The number of benzene rings is 1. The summed E-state index contributed by atoms with van der Waals surface area (Å²) >= 11 is 3.34. The monoisotopic (exact) mass is 339 g/mol. The first-order valence-corrected chi connectivity index (χ1v) is 6.79. The Morgan fingerprint density at radius 3 is 2.65 bits per heavy atom. The number of nitrogens with one attached hydrogen (secondary N) is 1. The zero-order valence-corrected chi connectivity index (χ0v) is 12.9. The highest BCUT2D eigenvalue weighted by Crippen LogP contribution is 2.31. The van der Waals surface area contributed by atoms with Crippen LogP contribution in [0.1, 0.15) is 22.6 Å². The standard InChI is InChI=1S/C13H14BrN3O3/c1-7-4-12(11(14)5-13(7)17(18)19)15-6-10-8(2)16-20-9(10)3/h4-5,15H,6H2,1-3H3. The second kappa shape index (κ2) is 5.62. The molecular weight excluding hydrogens is 326 g/mol. The van der Waals surface area contributed by atoms with E-state index in [2.05, 4.69) is 26.4 Å². The molecule has 0 bridgehead atoms. The molecule has 6 nitrogen and oxygen atoms in total. The molecule has 1 aromatic carbocycles. The van der Waals surface area contributed by atoms with Crippen molar-refractivity contribution in [1.82, 2.24) is 5.16 Å². The van der Waals surface area contributed by atoms with Gasteiger partial charge in [0.1, 0.15) is 5.76 Å². The Balaban J connectivity index is 2.23. The van der Waals surface area contributed by atoms with Gasteiger partial charge in [0.25, 0.3) is 5.69 Å². The molecule has 0 atom stereocenters. The molecule has 0 saturated carbocycles. The molecule has 0 spiro atoms. The minimum atomic E-state index is -0.391. The maximum absolute atomic E-state index is 10.9. The summed E-state index contributed by atoms with van der Waals surface area (Å²) < 4.78 is 5.75. The highest BCUT2D eigenvalue weighted by Gasteiger charge is 2.15. The molecule has 0 aliphatic heterocycles. The second-order valence-electron chi connectivity index (χ2n) is 4.53. The van der Waals surface area contributed by atoms with Crippen LogP contribution in [0.4, 0.5) is 11.4 Å². The number of hydrogen-bond acceptors (Lipinski definition) is 5. The van der Waals surface area contributed by atoms with Gasteiger partial charge in [-0.15, -0.1) is 0 Å². The molecule has 0 radical (unpaired) electrons. The third-order valence-electron chi connectivity index (χ3n) is 3.12. The number of nitro groups is 1. The predicted octanol–water partition coefficient (Wildman–Crippen LogP) is 3.88. The summed E-state index contributed by atoms with van der Waals surface area (Å²) in [4.78, 5) is 10.5. The maximum atomic E-state index is 10.9. The lowest BCUT2D eigenvalue weighted by Gasteiger charge is -2.09. The Labute approximate surface area is 124 Å². The van der Waals surface area contributed by atoms with Gasteiger partial charge in [-0.3, -0.25) is 10.1 Å². The third-order valence-corrected chi connectivity index (χ3v) is 3.78. The minimum Gasteiger partial charge on any atom is -0.380 e. The van der Waals surface area contributed by atoms with Gasteiger partial charge in [0, 0.05) is 33.9 Å². The van der Waals surface area contributed by atoms with Crippen molar-refractivity contribution in [3.8, 4) is 0 Å². The average molecular weight is 340 g/mol. The van der Waals surface area contributed by atoms with Crippen LogP contribution in [0.25, 0.3) is 0 Å². The molecule has 0 aliphatic rings. The summed E-state index contributed by atoms with van der Waals surface area (Å²) in [6.45, 7) is 6.00. The van der Waals surface area contributed by atoms with Crippen LogP contribution in [0, 0.1) is 30.9 Å². The molecule has 1 heterocycles. The van der Waals surface area contributed by atoms with E-state index in [1.165, 1.54) is 6.07 Å². The molecule has 0 fully saturated rings. The molecule has 1 aromatic heterocycles. The van der Waals surface area contributed by atoms with Crippen LogP contribution < -0.4 is 5.32 Å². The molecule has 0 saturated heterocycles. The van der Waals surface area contributed by atoms with E-state index in [0.29, 0.717) is 16.6 Å². The van der Waals surface area contributed by atoms with Crippen LogP contribution >= 0.6 is 15.9 Å². The molecule has 0 unspecified atom stereocenters. The third kappa shape index (κ3) is 2.82. The molecule has 2 rings (SSSR count). The van der Waals surface area contributed by atoms with Gasteiger partial charge in [0.2, 0.25) is 0 Å². The van der Waals surface area contributed by atoms with E-state index >= 15 is 0 Å². The van der Waals surface area contributed by atoms with Crippen molar-refractivity contribution in [2.45, 2.75) is 27.3 Å². The number of aryl methyl sites for hydroxylation is 3. The number of rotatable bonds is 4. The van der Waals surface area contributed by atoms with Crippen LogP contribution in [0.2, 0.25) is 0 Å². The number of hydrogen-bond donors (Lipinski definition) is 1. The van der Waals surface area contributed by atoms with Crippen molar-refractivity contribution in [2.75, 3.05) is 5.32 Å². The lowest BCUT2D eigenvalue weighted by molar-refractivity contribution is -0.385. The molecule has 2 aromatic rings. The number of nitro benzene ring substituents is 1. The highest BCUT2D eigenvalue weighted by atomic mass is 79.9. The molecule has 7 heteroatoms. The van der Waals surface area contributed by atoms with Gasteiger partial charge in [-0.2, -0.15) is 0 Å². The van der Waals surface area contributed by atoms with Gasteiger partial charge in [0.05, 0.1) is 10.6 Å². The molecule has 106 valence electrons. The predicted molar refractivity (Wildman–Crippen MR) is 78.8 cm³/mol. The average Bonchev–Trinajstić information content (AvgIpc) is 2.69. The van der Waals surface area contributed by atoms with E-state index < -0.39 is 4.92 Å². The Hall–Kier alpha value is -1.89. The Morgan fingerprint density at radius 1 is 1.40 bits per heavy atom. The van der Waals surface area contributed by atoms with Gasteiger partial charge in [-0.25, -0.2) is 0 Å². The Kier molecular flexibility index (Phi) is 4.08. The molecular formula is C13H14BrN3O3. The van der Waals surface area contributed by atoms with E-state index in [1.807, 2.05) is 13.8 Å². The smallest absolute Gasteiger partial charge is 0.273 e. The minimum absolute atomic E-state index is 0.0970. The zero-order chi connectivity index (χ0) is 14.9. The first-order chi connectivity index (χ1) is 9.40. The van der Waals surface area contributed by atoms with E-state index in [-0.39, 0.29) is 5.69 Å². The fraction of sp³-hybridized carbons (Fsp3) is 0.308. The molecule has 1 N–H and O–H groups in total. The fourth-order valence-electron chi connectivity index (χ4n) is 1.94. The van der Waals surface area contributed by atoms with Crippen LogP contribution in [0.3, 0.4) is 0 Å². The van der Waals surface area contributed by atoms with Crippen LogP contribution in [-0.2, 0) is 6.54 Å². The quantitative estimate of drug-likeness (QED) is 0.675. The summed E-state index contributed by atoms with van der Waals surface area (Å²) in [6.07, 6.45) is 0. The number of halogens is 1. The first kappa shape index (κ1) is 14.5. The van der Waals surface area contributed by atoms with Gasteiger partial charge in [0.15, 0.2) is 0 Å². The van der Waals surface area contributed by atoms with Crippen molar-refractivity contribution in [2.24, 2.45) is 0 Å². The van der Waals surface area contributed by atoms with E-state index in [4.69, 9.17) is 4.52 Å². The summed E-state index contributed by atoms with van der Waals surface area (Å²) in [6, 6.07) is 3.26. The van der Waals surface area contributed by atoms with Crippen molar-refractivity contribution < 1.29 is 9.45 Å². The van der Waals surface area contributed by atoms with Crippen LogP contribution in [-0.4, -0.2) is 10.1 Å².